The molecule has 3 rings (SSSR count). The summed E-state index contributed by atoms with van der Waals surface area (Å²) in [5.74, 6) is 0.417. The van der Waals surface area contributed by atoms with Crippen LogP contribution in [-0.2, 0) is 14.8 Å². The monoisotopic (exact) mass is 470 g/mol. The molecule has 2 aromatic carbocycles. The molecule has 1 N–H and O–H groups in total. The van der Waals surface area contributed by atoms with Crippen LogP contribution >= 0.6 is 11.8 Å². The first kappa shape index (κ1) is 23.9. The highest BCUT2D eigenvalue weighted by molar-refractivity contribution is 7.99. The average molecular weight is 471 g/mol. The van der Waals surface area contributed by atoms with E-state index in [1.807, 2.05) is 36.4 Å². The second kappa shape index (κ2) is 11.2. The van der Waals surface area contributed by atoms with Crippen molar-refractivity contribution in [2.75, 3.05) is 24.2 Å². The Balaban J connectivity index is 1.52. The first-order valence-electron chi connectivity index (χ1n) is 10.3. The van der Waals surface area contributed by atoms with E-state index >= 15 is 0 Å². The minimum absolute atomic E-state index is 0.144. The van der Waals surface area contributed by atoms with Gasteiger partial charge in [0.05, 0.1) is 15.6 Å². The Morgan fingerprint density at radius 1 is 1.00 bits per heavy atom. The molecule has 0 saturated carbocycles. The predicted molar refractivity (Wildman–Crippen MR) is 128 cm³/mol. The molecule has 0 spiro atoms. The maximum Gasteiger partial charge on any atom is 0.243 e. The van der Waals surface area contributed by atoms with Crippen LogP contribution in [0.4, 0.5) is 5.69 Å². The predicted octanol–water partition coefficient (Wildman–Crippen LogP) is 4.30. The molecule has 0 unspecified atom stereocenters. The molecular weight excluding hydrogens is 444 g/mol. The third kappa shape index (κ3) is 6.15. The third-order valence-corrected chi connectivity index (χ3v) is 7.76. The summed E-state index contributed by atoms with van der Waals surface area (Å²) in [7, 11) is -3.51. The summed E-state index contributed by atoms with van der Waals surface area (Å²) in [6.07, 6.45) is 1.83. The zero-order chi connectivity index (χ0) is 23.0. The summed E-state index contributed by atoms with van der Waals surface area (Å²) in [6.45, 7) is 4.43. The van der Waals surface area contributed by atoms with Gasteiger partial charge in [-0.2, -0.15) is 4.31 Å². The van der Waals surface area contributed by atoms with Gasteiger partial charge in [-0.1, -0.05) is 44.2 Å². The van der Waals surface area contributed by atoms with Gasteiger partial charge in [0.15, 0.2) is 0 Å². The third-order valence-electron chi connectivity index (χ3n) is 4.77. The number of rotatable bonds is 10. The lowest BCUT2D eigenvalue weighted by Gasteiger charge is -2.18. The van der Waals surface area contributed by atoms with Crippen molar-refractivity contribution < 1.29 is 13.2 Å². The number of thioether (sulfide) groups is 1. The first-order valence-corrected chi connectivity index (χ1v) is 12.8. The second-order valence-electron chi connectivity index (χ2n) is 6.87. The SMILES string of the molecule is CCN(CC)S(=O)(=O)c1ccc(NC(=O)CCSc2cc(-c3ccccc3)ncn2)cc1. The van der Waals surface area contributed by atoms with E-state index in [0.29, 0.717) is 31.0 Å². The molecule has 1 amide bonds. The van der Waals surface area contributed by atoms with Crippen molar-refractivity contribution in [2.24, 2.45) is 0 Å². The van der Waals surface area contributed by atoms with Gasteiger partial charge >= 0.3 is 0 Å². The minimum atomic E-state index is -3.51. The molecule has 0 atom stereocenters. The molecule has 0 saturated heterocycles. The topological polar surface area (TPSA) is 92.3 Å². The van der Waals surface area contributed by atoms with Crippen molar-refractivity contribution in [1.29, 1.82) is 0 Å². The highest BCUT2D eigenvalue weighted by atomic mass is 32.2. The molecule has 9 heteroatoms. The number of sulfonamides is 1. The van der Waals surface area contributed by atoms with E-state index in [-0.39, 0.29) is 10.8 Å². The molecule has 32 heavy (non-hydrogen) atoms. The fourth-order valence-corrected chi connectivity index (χ4v) is 5.35. The second-order valence-corrected chi connectivity index (χ2v) is 9.92. The number of carbonyl (C=O) groups is 1. The largest absolute Gasteiger partial charge is 0.326 e. The van der Waals surface area contributed by atoms with E-state index in [0.717, 1.165) is 16.3 Å². The number of nitrogens with zero attached hydrogens (tertiary/aromatic N) is 3. The molecular formula is C23H26N4O3S2. The van der Waals surface area contributed by atoms with E-state index in [1.54, 1.807) is 26.0 Å². The summed E-state index contributed by atoms with van der Waals surface area (Å²) in [6, 6.07) is 18.0. The number of hydrogen-bond acceptors (Lipinski definition) is 6. The molecule has 3 aromatic rings. The molecule has 1 aromatic heterocycles. The molecule has 0 aliphatic carbocycles. The van der Waals surface area contributed by atoms with E-state index in [4.69, 9.17) is 0 Å². The fraction of sp³-hybridized carbons (Fsp3) is 0.261. The Bertz CT molecular complexity index is 1130. The average Bonchev–Trinajstić information content (AvgIpc) is 2.81. The molecule has 7 nitrogen and oxygen atoms in total. The van der Waals surface area contributed by atoms with Crippen molar-refractivity contribution in [1.82, 2.24) is 14.3 Å². The van der Waals surface area contributed by atoms with Crippen LogP contribution in [0, 0.1) is 0 Å². The van der Waals surface area contributed by atoms with Crippen LogP contribution in [0.1, 0.15) is 20.3 Å². The summed E-state index contributed by atoms with van der Waals surface area (Å²) in [5.41, 5.74) is 2.42. The number of aromatic nitrogens is 2. The Morgan fingerprint density at radius 3 is 2.34 bits per heavy atom. The Hall–Kier alpha value is -2.75. The lowest BCUT2D eigenvalue weighted by atomic mass is 10.1. The van der Waals surface area contributed by atoms with E-state index in [2.05, 4.69) is 15.3 Å². The molecule has 168 valence electrons. The van der Waals surface area contributed by atoms with Crippen molar-refractivity contribution in [3.63, 3.8) is 0 Å². The zero-order valence-corrected chi connectivity index (χ0v) is 19.7. The van der Waals surface area contributed by atoms with Crippen molar-refractivity contribution in [2.45, 2.75) is 30.2 Å². The molecule has 0 bridgehead atoms. The molecule has 0 aliphatic heterocycles. The lowest BCUT2D eigenvalue weighted by molar-refractivity contribution is -0.115. The Labute approximate surface area is 193 Å². The smallest absolute Gasteiger partial charge is 0.243 e. The van der Waals surface area contributed by atoms with Gasteiger partial charge in [0.25, 0.3) is 0 Å². The number of hydrogen-bond donors (Lipinski definition) is 1. The van der Waals surface area contributed by atoms with Crippen LogP contribution in [0.3, 0.4) is 0 Å². The highest BCUT2D eigenvalue weighted by Crippen LogP contribution is 2.23. The van der Waals surface area contributed by atoms with Gasteiger partial charge < -0.3 is 5.32 Å². The molecule has 1 heterocycles. The van der Waals surface area contributed by atoms with Gasteiger partial charge in [-0.3, -0.25) is 4.79 Å². The maximum absolute atomic E-state index is 12.5. The van der Waals surface area contributed by atoms with E-state index in [9.17, 15) is 13.2 Å². The fourth-order valence-electron chi connectivity index (χ4n) is 3.08. The summed E-state index contributed by atoms with van der Waals surface area (Å²) in [5, 5.41) is 3.61. The molecule has 0 aliphatic rings. The van der Waals surface area contributed by atoms with Crippen LogP contribution in [0.15, 0.2) is 76.9 Å². The minimum Gasteiger partial charge on any atom is -0.326 e. The van der Waals surface area contributed by atoms with Gasteiger partial charge in [0.1, 0.15) is 6.33 Å². The molecule has 0 fully saturated rings. The van der Waals surface area contributed by atoms with Gasteiger partial charge in [0.2, 0.25) is 15.9 Å². The van der Waals surface area contributed by atoms with Crippen LogP contribution in [-0.4, -0.2) is 47.4 Å². The molecule has 0 radical (unpaired) electrons. The van der Waals surface area contributed by atoms with Crippen molar-refractivity contribution in [3.8, 4) is 11.3 Å². The van der Waals surface area contributed by atoms with Gasteiger partial charge in [-0.15, -0.1) is 11.8 Å². The first-order chi connectivity index (χ1) is 15.4. The zero-order valence-electron chi connectivity index (χ0n) is 18.1. The van der Waals surface area contributed by atoms with Crippen molar-refractivity contribution in [3.05, 3.63) is 67.0 Å². The number of carbonyl (C=O) groups excluding carboxylic acids is 1. The van der Waals surface area contributed by atoms with Gasteiger partial charge in [-0.05, 0) is 30.3 Å². The van der Waals surface area contributed by atoms with Crippen LogP contribution < -0.4 is 5.32 Å². The van der Waals surface area contributed by atoms with Crippen LogP contribution in [0.2, 0.25) is 0 Å². The highest BCUT2D eigenvalue weighted by Gasteiger charge is 2.21. The van der Waals surface area contributed by atoms with Crippen LogP contribution in [0.25, 0.3) is 11.3 Å². The summed E-state index contributed by atoms with van der Waals surface area (Å²) < 4.78 is 26.5. The van der Waals surface area contributed by atoms with E-state index < -0.39 is 10.0 Å². The van der Waals surface area contributed by atoms with E-state index in [1.165, 1.54) is 34.5 Å². The number of benzene rings is 2. The number of nitrogens with one attached hydrogen (secondary N) is 1. The van der Waals surface area contributed by atoms with Crippen LogP contribution in [0.5, 0.6) is 0 Å². The summed E-state index contributed by atoms with van der Waals surface area (Å²) in [4.78, 5) is 21.1. The maximum atomic E-state index is 12.5. The number of anilines is 1. The summed E-state index contributed by atoms with van der Waals surface area (Å²) >= 11 is 1.49. The standard InChI is InChI=1S/C23H26N4O3S2/c1-3-27(4-2)32(29,30)20-12-10-19(11-13-20)26-22(28)14-15-31-23-16-21(24-17-25-23)18-8-6-5-7-9-18/h5-13,16-17H,3-4,14-15H2,1-2H3,(H,26,28). The Kier molecular flexibility index (Phi) is 8.38. The lowest BCUT2D eigenvalue weighted by Crippen LogP contribution is -2.30. The Morgan fingerprint density at radius 2 is 1.69 bits per heavy atom. The van der Waals surface area contributed by atoms with Gasteiger partial charge in [-0.25, -0.2) is 18.4 Å². The number of amides is 1. The quantitative estimate of drug-likeness (QED) is 0.351. The normalized spacial score (nSPS) is 11.5. The van der Waals surface area contributed by atoms with Gasteiger partial charge in [0, 0.05) is 36.5 Å². The van der Waals surface area contributed by atoms with Crippen molar-refractivity contribution >= 4 is 33.4 Å².